The predicted molar refractivity (Wildman–Crippen MR) is 88.6 cm³/mol. The van der Waals surface area contributed by atoms with E-state index in [1.807, 2.05) is 30.3 Å². The van der Waals surface area contributed by atoms with Crippen molar-refractivity contribution in [3.05, 3.63) is 30.3 Å². The van der Waals surface area contributed by atoms with E-state index >= 15 is 0 Å². The van der Waals surface area contributed by atoms with Crippen LogP contribution in [0.25, 0.3) is 10.9 Å². The molecule has 0 radical (unpaired) electrons. The third-order valence-corrected chi connectivity index (χ3v) is 4.69. The lowest BCUT2D eigenvalue weighted by molar-refractivity contribution is -0.127. The maximum atomic E-state index is 12.9. The molecule has 0 unspecified atom stereocenters. The fourth-order valence-corrected chi connectivity index (χ4v) is 3.12. The molecule has 0 aliphatic carbocycles. The van der Waals surface area contributed by atoms with Gasteiger partial charge in [-0.25, -0.2) is 4.79 Å². The van der Waals surface area contributed by atoms with Gasteiger partial charge in [-0.1, -0.05) is 18.2 Å². The molecule has 1 aromatic carbocycles. The second-order valence-corrected chi connectivity index (χ2v) is 6.07. The SMILES string of the molecule is CN(C(=O)C1(C#N)CCN(C(=O)O)CC1)c1cc2ccccc2[nH]1. The maximum absolute atomic E-state index is 12.9. The van der Waals surface area contributed by atoms with E-state index in [1.165, 1.54) is 9.80 Å². The summed E-state index contributed by atoms with van der Waals surface area (Å²) < 4.78 is 0. The molecule has 3 rings (SSSR count). The number of fused-ring (bicyclic) bond motifs is 1. The second kappa shape index (κ2) is 5.89. The van der Waals surface area contributed by atoms with Gasteiger partial charge in [-0.15, -0.1) is 0 Å². The Morgan fingerprint density at radius 2 is 2.00 bits per heavy atom. The quantitative estimate of drug-likeness (QED) is 0.885. The smallest absolute Gasteiger partial charge is 0.407 e. The standard InChI is InChI=1S/C17H18N4O3/c1-20(14-10-12-4-2-3-5-13(12)19-14)15(22)17(11-18)6-8-21(9-7-17)16(23)24/h2-5,10,19H,6-9H2,1H3,(H,23,24). The van der Waals surface area contributed by atoms with Gasteiger partial charge >= 0.3 is 6.09 Å². The summed E-state index contributed by atoms with van der Waals surface area (Å²) in [6, 6.07) is 11.7. The molecule has 1 aromatic heterocycles. The number of H-pyrrole nitrogens is 1. The van der Waals surface area contributed by atoms with Crippen molar-refractivity contribution in [3.63, 3.8) is 0 Å². The van der Waals surface area contributed by atoms with E-state index in [-0.39, 0.29) is 31.8 Å². The van der Waals surface area contributed by atoms with Crippen molar-refractivity contribution in [2.24, 2.45) is 5.41 Å². The minimum Gasteiger partial charge on any atom is -0.465 e. The lowest BCUT2D eigenvalue weighted by Crippen LogP contribution is -2.50. The fraction of sp³-hybridized carbons (Fsp3) is 0.353. The van der Waals surface area contributed by atoms with Gasteiger partial charge < -0.3 is 19.9 Å². The normalized spacial score (nSPS) is 16.6. The van der Waals surface area contributed by atoms with Gasteiger partial charge in [0.15, 0.2) is 0 Å². The van der Waals surface area contributed by atoms with Crippen LogP contribution in [0.1, 0.15) is 12.8 Å². The summed E-state index contributed by atoms with van der Waals surface area (Å²) in [5.74, 6) is 0.318. The molecule has 124 valence electrons. The van der Waals surface area contributed by atoms with E-state index in [9.17, 15) is 14.9 Å². The third-order valence-electron chi connectivity index (χ3n) is 4.69. The minimum atomic E-state index is -1.18. The molecule has 7 nitrogen and oxygen atoms in total. The lowest BCUT2D eigenvalue weighted by Gasteiger charge is -2.36. The van der Waals surface area contributed by atoms with Crippen molar-refractivity contribution in [2.45, 2.75) is 12.8 Å². The predicted octanol–water partition coefficient (Wildman–Crippen LogP) is 2.41. The number of hydrogen-bond donors (Lipinski definition) is 2. The molecule has 1 saturated heterocycles. The molecular weight excluding hydrogens is 308 g/mol. The Labute approximate surface area is 139 Å². The van der Waals surface area contributed by atoms with Crippen LogP contribution < -0.4 is 4.90 Å². The van der Waals surface area contributed by atoms with Crippen molar-refractivity contribution in [1.29, 1.82) is 5.26 Å². The van der Waals surface area contributed by atoms with Crippen LogP contribution in [-0.4, -0.2) is 47.1 Å². The summed E-state index contributed by atoms with van der Waals surface area (Å²) in [5, 5.41) is 19.6. The van der Waals surface area contributed by atoms with Gasteiger partial charge in [-0.2, -0.15) is 5.26 Å². The number of anilines is 1. The molecule has 1 aliphatic heterocycles. The molecule has 7 heteroatoms. The Morgan fingerprint density at radius 1 is 1.33 bits per heavy atom. The van der Waals surface area contributed by atoms with E-state index in [4.69, 9.17) is 5.11 Å². The number of aromatic nitrogens is 1. The molecule has 2 N–H and O–H groups in total. The molecule has 0 saturated carbocycles. The van der Waals surface area contributed by atoms with Crippen molar-refractivity contribution in [3.8, 4) is 6.07 Å². The van der Waals surface area contributed by atoms with E-state index < -0.39 is 11.5 Å². The largest absolute Gasteiger partial charge is 0.465 e. The number of benzene rings is 1. The minimum absolute atomic E-state index is 0.190. The van der Waals surface area contributed by atoms with Crippen molar-refractivity contribution < 1.29 is 14.7 Å². The highest BCUT2D eigenvalue weighted by molar-refractivity contribution is 6.00. The van der Waals surface area contributed by atoms with E-state index in [2.05, 4.69) is 11.1 Å². The van der Waals surface area contributed by atoms with Gasteiger partial charge in [0.1, 0.15) is 11.2 Å². The van der Waals surface area contributed by atoms with Crippen LogP contribution in [0.4, 0.5) is 10.6 Å². The first-order valence-electron chi connectivity index (χ1n) is 7.72. The van der Waals surface area contributed by atoms with Crippen LogP contribution >= 0.6 is 0 Å². The van der Waals surface area contributed by atoms with Crippen LogP contribution in [0, 0.1) is 16.7 Å². The summed E-state index contributed by atoms with van der Waals surface area (Å²) in [6.07, 6.45) is -0.601. The van der Waals surface area contributed by atoms with E-state index in [0.717, 1.165) is 10.9 Å². The fourth-order valence-electron chi connectivity index (χ4n) is 3.12. The number of piperidine rings is 1. The molecular formula is C17H18N4O3. The van der Waals surface area contributed by atoms with Gasteiger partial charge in [0.25, 0.3) is 0 Å². The van der Waals surface area contributed by atoms with E-state index in [1.54, 1.807) is 7.05 Å². The highest BCUT2D eigenvalue weighted by Crippen LogP contribution is 2.34. The molecule has 0 bridgehead atoms. The van der Waals surface area contributed by atoms with Gasteiger partial charge in [0, 0.05) is 31.0 Å². The number of amides is 2. The van der Waals surface area contributed by atoms with Crippen molar-refractivity contribution in [2.75, 3.05) is 25.0 Å². The molecule has 1 aliphatic rings. The number of carboxylic acid groups (broad SMARTS) is 1. The molecule has 0 spiro atoms. The number of likely N-dealkylation sites (tertiary alicyclic amines) is 1. The highest BCUT2D eigenvalue weighted by Gasteiger charge is 2.44. The first kappa shape index (κ1) is 15.9. The Kier molecular flexibility index (Phi) is 3.89. The second-order valence-electron chi connectivity index (χ2n) is 6.07. The Morgan fingerprint density at radius 3 is 2.58 bits per heavy atom. The van der Waals surface area contributed by atoms with Crippen LogP contribution in [0.2, 0.25) is 0 Å². The molecule has 1 fully saturated rings. The Hall–Kier alpha value is -3.01. The van der Waals surface area contributed by atoms with Gasteiger partial charge in [0.2, 0.25) is 5.91 Å². The zero-order valence-electron chi connectivity index (χ0n) is 13.3. The molecule has 24 heavy (non-hydrogen) atoms. The van der Waals surface area contributed by atoms with Gasteiger partial charge in [0.05, 0.1) is 6.07 Å². The molecule has 2 aromatic rings. The summed E-state index contributed by atoms with van der Waals surface area (Å²) in [5.41, 5.74) is -0.267. The zero-order chi connectivity index (χ0) is 17.3. The number of para-hydroxylation sites is 1. The summed E-state index contributed by atoms with van der Waals surface area (Å²) in [6.45, 7) is 0.379. The summed E-state index contributed by atoms with van der Waals surface area (Å²) >= 11 is 0. The maximum Gasteiger partial charge on any atom is 0.407 e. The number of nitrogens with zero attached hydrogens (tertiary/aromatic N) is 3. The van der Waals surface area contributed by atoms with Crippen LogP contribution in [0.3, 0.4) is 0 Å². The Bertz CT molecular complexity index is 795. The third kappa shape index (κ3) is 2.56. The number of carbonyl (C=O) groups excluding carboxylic acids is 1. The average Bonchev–Trinajstić information content (AvgIpc) is 3.04. The number of carbonyl (C=O) groups is 2. The Balaban J connectivity index is 1.83. The van der Waals surface area contributed by atoms with Gasteiger partial charge in [-0.05, 0) is 25.0 Å². The van der Waals surface area contributed by atoms with E-state index in [0.29, 0.717) is 5.82 Å². The number of hydrogen-bond acceptors (Lipinski definition) is 3. The highest BCUT2D eigenvalue weighted by atomic mass is 16.4. The number of nitriles is 1. The molecule has 2 amide bonds. The van der Waals surface area contributed by atoms with Crippen molar-refractivity contribution >= 4 is 28.7 Å². The monoisotopic (exact) mass is 326 g/mol. The molecule has 2 heterocycles. The first-order chi connectivity index (χ1) is 11.5. The van der Waals surface area contributed by atoms with Crippen LogP contribution in [-0.2, 0) is 4.79 Å². The van der Waals surface area contributed by atoms with Crippen LogP contribution in [0.5, 0.6) is 0 Å². The summed E-state index contributed by atoms with van der Waals surface area (Å²) in [7, 11) is 1.63. The van der Waals surface area contributed by atoms with Crippen molar-refractivity contribution in [1.82, 2.24) is 9.88 Å². The van der Waals surface area contributed by atoms with Crippen LogP contribution in [0.15, 0.2) is 30.3 Å². The lowest BCUT2D eigenvalue weighted by atomic mass is 9.78. The summed E-state index contributed by atoms with van der Waals surface area (Å²) in [4.78, 5) is 29.8. The first-order valence-corrected chi connectivity index (χ1v) is 7.72. The topological polar surface area (TPSA) is 100 Å². The average molecular weight is 326 g/mol. The van der Waals surface area contributed by atoms with Gasteiger partial charge in [-0.3, -0.25) is 4.79 Å². The molecule has 0 atom stereocenters. The number of aromatic amines is 1. The zero-order valence-corrected chi connectivity index (χ0v) is 13.3. The number of rotatable bonds is 2. The number of nitrogens with one attached hydrogen (secondary N) is 1.